The molecule has 3 N–H and O–H groups in total. The standard InChI is InChI=1S/C31H39N3O5S/c1-4-39-23-12-10-21(11-13-23)33-28(36)25-24-14-15-31(40-24)26(25)30(38)34(22(18-35)16-19(2)3)27(31)29(37)32-17-20-8-6-5-7-9-20/h5-13,19,22,24-27,35H,4,14-18H2,1-3H3,(H,32,37)(H,33,36)/t22-,24-,25+,26+,27?,31?/m1/s1. The number of ether oxygens (including phenoxy) is 1. The van der Waals surface area contributed by atoms with Gasteiger partial charge in [-0.2, -0.15) is 0 Å². The minimum absolute atomic E-state index is 0.0408. The van der Waals surface area contributed by atoms with Crippen LogP contribution in [0.15, 0.2) is 54.6 Å². The minimum Gasteiger partial charge on any atom is -0.494 e. The normalized spacial score (nSPS) is 27.5. The van der Waals surface area contributed by atoms with Crippen LogP contribution in [0.4, 0.5) is 5.69 Å². The van der Waals surface area contributed by atoms with E-state index in [0.717, 1.165) is 17.7 Å². The maximum absolute atomic E-state index is 14.3. The summed E-state index contributed by atoms with van der Waals surface area (Å²) in [5, 5.41) is 16.5. The number of carbonyl (C=O) groups excluding carboxylic acids is 3. The third-order valence-corrected chi connectivity index (χ3v) is 10.3. The summed E-state index contributed by atoms with van der Waals surface area (Å²) in [6, 6.07) is 15.7. The van der Waals surface area contributed by atoms with Gasteiger partial charge in [-0.15, -0.1) is 11.8 Å². The molecule has 8 nitrogen and oxygen atoms in total. The molecule has 0 aromatic heterocycles. The van der Waals surface area contributed by atoms with E-state index in [2.05, 4.69) is 10.6 Å². The van der Waals surface area contributed by atoms with E-state index in [9.17, 15) is 19.5 Å². The first-order valence-corrected chi connectivity index (χ1v) is 15.1. The van der Waals surface area contributed by atoms with Gasteiger partial charge in [0.1, 0.15) is 11.8 Å². The molecule has 214 valence electrons. The number of nitrogens with one attached hydrogen (secondary N) is 2. The SMILES string of the molecule is CCOc1ccc(NC(=O)[C@@H]2[C@H]3C(=O)N([C@@H](CO)CC(C)C)C(C(=O)NCc4ccccc4)C34CC[C@H]2S4)cc1. The number of nitrogens with zero attached hydrogens (tertiary/aromatic N) is 1. The first-order valence-electron chi connectivity index (χ1n) is 14.2. The van der Waals surface area contributed by atoms with E-state index in [1.54, 1.807) is 28.8 Å². The van der Waals surface area contributed by atoms with E-state index in [0.29, 0.717) is 31.7 Å². The lowest BCUT2D eigenvalue weighted by atomic mass is 9.70. The van der Waals surface area contributed by atoms with Crippen molar-refractivity contribution in [2.75, 3.05) is 18.5 Å². The van der Waals surface area contributed by atoms with E-state index >= 15 is 0 Å². The van der Waals surface area contributed by atoms with E-state index in [1.165, 1.54) is 0 Å². The van der Waals surface area contributed by atoms with Gasteiger partial charge >= 0.3 is 0 Å². The number of thioether (sulfide) groups is 1. The van der Waals surface area contributed by atoms with E-state index in [1.807, 2.05) is 63.2 Å². The number of anilines is 1. The molecule has 3 aliphatic heterocycles. The Labute approximate surface area is 240 Å². The Kier molecular flexibility index (Phi) is 8.42. The van der Waals surface area contributed by atoms with Crippen molar-refractivity contribution in [2.24, 2.45) is 17.8 Å². The van der Waals surface area contributed by atoms with Gasteiger partial charge in [-0.05, 0) is 61.9 Å². The molecule has 5 rings (SSSR count). The second-order valence-corrected chi connectivity index (χ2v) is 13.0. The molecular formula is C31H39N3O5S. The zero-order chi connectivity index (χ0) is 28.4. The summed E-state index contributed by atoms with van der Waals surface area (Å²) < 4.78 is 4.81. The van der Waals surface area contributed by atoms with Gasteiger partial charge in [-0.25, -0.2) is 0 Å². The highest BCUT2D eigenvalue weighted by molar-refractivity contribution is 8.02. The second-order valence-electron chi connectivity index (χ2n) is 11.4. The quantitative estimate of drug-likeness (QED) is 0.382. The zero-order valence-electron chi connectivity index (χ0n) is 23.3. The summed E-state index contributed by atoms with van der Waals surface area (Å²) >= 11 is 1.63. The molecule has 6 atom stereocenters. The average molecular weight is 566 g/mol. The number of fused-ring (bicyclic) bond motifs is 1. The Balaban J connectivity index is 1.43. The van der Waals surface area contributed by atoms with Crippen LogP contribution in [0.5, 0.6) is 5.75 Å². The molecule has 2 unspecified atom stereocenters. The molecule has 3 fully saturated rings. The smallest absolute Gasteiger partial charge is 0.244 e. The molecule has 2 bridgehead atoms. The molecule has 2 aromatic rings. The van der Waals surface area contributed by atoms with Crippen molar-refractivity contribution < 1.29 is 24.2 Å². The van der Waals surface area contributed by atoms with E-state index in [4.69, 9.17) is 4.74 Å². The molecule has 40 heavy (non-hydrogen) atoms. The number of carbonyl (C=O) groups is 3. The molecule has 0 radical (unpaired) electrons. The summed E-state index contributed by atoms with van der Waals surface area (Å²) in [5.74, 6) is -0.835. The topological polar surface area (TPSA) is 108 Å². The van der Waals surface area contributed by atoms with Crippen molar-refractivity contribution in [2.45, 2.75) is 68.7 Å². The van der Waals surface area contributed by atoms with Crippen LogP contribution in [0.1, 0.15) is 45.6 Å². The van der Waals surface area contributed by atoms with Crippen molar-refractivity contribution in [3.63, 3.8) is 0 Å². The molecular weight excluding hydrogens is 526 g/mol. The maximum Gasteiger partial charge on any atom is 0.244 e. The lowest BCUT2D eigenvalue weighted by Gasteiger charge is -2.37. The average Bonchev–Trinajstić information content (AvgIpc) is 3.59. The van der Waals surface area contributed by atoms with Crippen LogP contribution in [0.25, 0.3) is 0 Å². The number of hydrogen-bond donors (Lipinski definition) is 3. The molecule has 1 spiro atoms. The number of likely N-dealkylation sites (tertiary alicyclic amines) is 1. The first kappa shape index (κ1) is 28.5. The van der Waals surface area contributed by atoms with Gasteiger partial charge in [0.2, 0.25) is 17.7 Å². The monoisotopic (exact) mass is 565 g/mol. The van der Waals surface area contributed by atoms with Gasteiger partial charge in [0, 0.05) is 17.5 Å². The van der Waals surface area contributed by atoms with Gasteiger partial charge in [0.05, 0.1) is 35.8 Å². The number of aliphatic hydroxyl groups excluding tert-OH is 1. The third kappa shape index (κ3) is 5.21. The van der Waals surface area contributed by atoms with Crippen LogP contribution in [0.3, 0.4) is 0 Å². The lowest BCUT2D eigenvalue weighted by Crippen LogP contribution is -2.56. The van der Waals surface area contributed by atoms with Gasteiger partial charge in [-0.1, -0.05) is 44.2 Å². The van der Waals surface area contributed by atoms with Gasteiger partial charge in [0.25, 0.3) is 0 Å². The highest BCUT2D eigenvalue weighted by atomic mass is 32.2. The number of amides is 3. The molecule has 3 saturated heterocycles. The van der Waals surface area contributed by atoms with Crippen LogP contribution in [-0.4, -0.2) is 63.0 Å². The molecule has 3 heterocycles. The number of aliphatic hydroxyl groups is 1. The van der Waals surface area contributed by atoms with Crippen LogP contribution in [0.2, 0.25) is 0 Å². The maximum atomic E-state index is 14.3. The predicted molar refractivity (Wildman–Crippen MR) is 156 cm³/mol. The fourth-order valence-corrected chi connectivity index (χ4v) is 9.02. The van der Waals surface area contributed by atoms with Crippen molar-refractivity contribution in [1.82, 2.24) is 10.2 Å². The van der Waals surface area contributed by atoms with Gasteiger partial charge < -0.3 is 25.4 Å². The van der Waals surface area contributed by atoms with Crippen molar-refractivity contribution >= 4 is 35.2 Å². The Bertz CT molecular complexity index is 1220. The Hall–Kier alpha value is -3.04. The zero-order valence-corrected chi connectivity index (χ0v) is 24.2. The van der Waals surface area contributed by atoms with Crippen molar-refractivity contribution in [1.29, 1.82) is 0 Å². The Morgan fingerprint density at radius 3 is 2.50 bits per heavy atom. The summed E-state index contributed by atoms with van der Waals surface area (Å²) in [6.45, 7) is 6.67. The minimum atomic E-state index is -0.747. The predicted octanol–water partition coefficient (Wildman–Crippen LogP) is 3.84. The van der Waals surface area contributed by atoms with Crippen LogP contribution < -0.4 is 15.4 Å². The van der Waals surface area contributed by atoms with E-state index < -0.39 is 28.7 Å². The molecule has 3 amide bonds. The molecule has 2 aromatic carbocycles. The van der Waals surface area contributed by atoms with Gasteiger partial charge in [-0.3, -0.25) is 14.4 Å². The van der Waals surface area contributed by atoms with Crippen molar-refractivity contribution in [3.8, 4) is 5.75 Å². The molecule has 0 saturated carbocycles. The second kappa shape index (κ2) is 11.8. The van der Waals surface area contributed by atoms with Crippen molar-refractivity contribution in [3.05, 3.63) is 60.2 Å². The number of hydrogen-bond acceptors (Lipinski definition) is 6. The molecule has 0 aliphatic carbocycles. The summed E-state index contributed by atoms with van der Waals surface area (Å²) in [6.07, 6.45) is 2.02. The Morgan fingerprint density at radius 2 is 1.85 bits per heavy atom. The third-order valence-electron chi connectivity index (χ3n) is 8.38. The highest BCUT2D eigenvalue weighted by Gasteiger charge is 2.74. The summed E-state index contributed by atoms with van der Waals surface area (Å²) in [4.78, 5) is 43.6. The van der Waals surface area contributed by atoms with Crippen LogP contribution in [-0.2, 0) is 20.9 Å². The highest BCUT2D eigenvalue weighted by Crippen LogP contribution is 2.66. The molecule has 3 aliphatic rings. The summed E-state index contributed by atoms with van der Waals surface area (Å²) in [7, 11) is 0. The lowest BCUT2D eigenvalue weighted by molar-refractivity contribution is -0.142. The van der Waals surface area contributed by atoms with Crippen LogP contribution >= 0.6 is 11.8 Å². The van der Waals surface area contributed by atoms with E-state index in [-0.39, 0.29) is 35.5 Å². The summed E-state index contributed by atoms with van der Waals surface area (Å²) in [5.41, 5.74) is 1.61. The number of benzene rings is 2. The molecule has 9 heteroatoms. The fraction of sp³-hybridized carbons (Fsp3) is 0.516. The van der Waals surface area contributed by atoms with Gasteiger partial charge in [0.15, 0.2) is 0 Å². The largest absolute Gasteiger partial charge is 0.494 e. The number of rotatable bonds is 11. The first-order chi connectivity index (χ1) is 19.3. The fourth-order valence-electron chi connectivity index (χ4n) is 6.81. The Morgan fingerprint density at radius 1 is 1.12 bits per heavy atom. The van der Waals surface area contributed by atoms with Crippen LogP contribution in [0, 0.1) is 17.8 Å².